The highest BCUT2D eigenvalue weighted by Gasteiger charge is 2.30. The zero-order valence-corrected chi connectivity index (χ0v) is 24.1. The van der Waals surface area contributed by atoms with Crippen molar-refractivity contribution < 1.29 is 27.0 Å². The smallest absolute Gasteiger partial charge is 0.262 e. The molecule has 42 heavy (non-hydrogen) atoms. The molecule has 1 saturated heterocycles. The molecule has 220 valence electrons. The van der Waals surface area contributed by atoms with Crippen LogP contribution in [-0.2, 0) is 16.4 Å². The lowest BCUT2D eigenvalue weighted by atomic mass is 10.0. The van der Waals surface area contributed by atoms with Gasteiger partial charge in [0.15, 0.2) is 5.82 Å². The number of piperidine rings is 1. The zero-order chi connectivity index (χ0) is 29.6. The van der Waals surface area contributed by atoms with Crippen molar-refractivity contribution in [1.29, 1.82) is 0 Å². The van der Waals surface area contributed by atoms with E-state index in [0.717, 1.165) is 38.1 Å². The Bertz CT molecular complexity index is 1800. The van der Waals surface area contributed by atoms with E-state index in [1.165, 1.54) is 31.4 Å². The number of aromatic nitrogens is 2. The largest absolute Gasteiger partial charge is 0.494 e. The van der Waals surface area contributed by atoms with E-state index in [1.54, 1.807) is 6.20 Å². The molecule has 2 heterocycles. The minimum absolute atomic E-state index is 0.116. The van der Waals surface area contributed by atoms with E-state index in [9.17, 15) is 13.5 Å². The molecule has 0 spiro atoms. The van der Waals surface area contributed by atoms with Gasteiger partial charge < -0.3 is 20.5 Å². The second kappa shape index (κ2) is 11.3. The number of nitrogens with one attached hydrogen (secondary N) is 3. The van der Waals surface area contributed by atoms with Gasteiger partial charge in [0.1, 0.15) is 17.1 Å². The molecule has 0 unspecified atom stereocenters. The first-order chi connectivity index (χ1) is 20.1. The Balaban J connectivity index is 1.36. The topological polar surface area (TPSA) is 125 Å². The van der Waals surface area contributed by atoms with Crippen molar-refractivity contribution in [2.45, 2.75) is 42.7 Å². The van der Waals surface area contributed by atoms with Crippen molar-refractivity contribution >= 4 is 44.2 Å². The molecule has 1 aliphatic heterocycles. The van der Waals surface area contributed by atoms with Gasteiger partial charge >= 0.3 is 0 Å². The normalized spacial score (nSPS) is 17.3. The molecule has 3 aromatic carbocycles. The standard InChI is InChI=1S/C29H28ClF2N5O4S/c1-41-24-11-15(10-16-14-34-29(36-28(16)24)35-18-6-8-33-9-7-18)26-21(31)3-4-22(27(26)32)37-42(39,40)25-13-17(30)12-20-19(25)2-5-23(20)38/h3-4,10-14,18,23,33,37-38H,2,5-9H2,1H3,(H,34,35,36)/t23-/m1/s1. The summed E-state index contributed by atoms with van der Waals surface area (Å²) in [5, 5.41) is 17.5. The Morgan fingerprint density at radius 1 is 1.12 bits per heavy atom. The fourth-order valence-corrected chi connectivity index (χ4v) is 7.27. The second-order valence-corrected chi connectivity index (χ2v) is 12.5. The quantitative estimate of drug-likeness (QED) is 0.224. The third-order valence-electron chi connectivity index (χ3n) is 7.69. The molecule has 1 atom stereocenters. The van der Waals surface area contributed by atoms with Gasteiger partial charge in [-0.1, -0.05) is 11.6 Å². The van der Waals surface area contributed by atoms with Crippen LogP contribution < -0.4 is 20.1 Å². The first-order valence-electron chi connectivity index (χ1n) is 13.5. The summed E-state index contributed by atoms with van der Waals surface area (Å²) < 4.78 is 65.6. The average molecular weight is 616 g/mol. The van der Waals surface area contributed by atoms with Crippen molar-refractivity contribution in [3.05, 3.63) is 70.4 Å². The lowest BCUT2D eigenvalue weighted by molar-refractivity contribution is 0.180. The van der Waals surface area contributed by atoms with Gasteiger partial charge in [-0.2, -0.15) is 0 Å². The number of ether oxygens (including phenoxy) is 1. The molecule has 2 aliphatic rings. The van der Waals surface area contributed by atoms with Crippen LogP contribution >= 0.6 is 11.6 Å². The Labute approximate surface area is 246 Å². The van der Waals surface area contributed by atoms with E-state index in [-0.39, 0.29) is 27.3 Å². The average Bonchev–Trinajstić information content (AvgIpc) is 3.34. The molecule has 1 fully saturated rings. The monoisotopic (exact) mass is 615 g/mol. The third-order valence-corrected chi connectivity index (χ3v) is 9.34. The summed E-state index contributed by atoms with van der Waals surface area (Å²) in [6.45, 7) is 1.80. The number of anilines is 2. The van der Waals surface area contributed by atoms with Crippen LogP contribution in [0.5, 0.6) is 5.75 Å². The van der Waals surface area contributed by atoms with Crippen LogP contribution in [0.2, 0.25) is 5.02 Å². The Kier molecular flexibility index (Phi) is 7.64. The summed E-state index contributed by atoms with van der Waals surface area (Å²) in [5.41, 5.74) is 0.514. The van der Waals surface area contributed by atoms with Gasteiger partial charge in [0.25, 0.3) is 10.0 Å². The van der Waals surface area contributed by atoms with E-state index in [2.05, 4.69) is 25.3 Å². The van der Waals surface area contributed by atoms with E-state index in [4.69, 9.17) is 16.3 Å². The van der Waals surface area contributed by atoms with Crippen LogP contribution in [0.15, 0.2) is 47.5 Å². The van der Waals surface area contributed by atoms with Crippen LogP contribution in [0.4, 0.5) is 20.4 Å². The van der Waals surface area contributed by atoms with Crippen molar-refractivity contribution in [2.24, 2.45) is 0 Å². The molecule has 0 radical (unpaired) electrons. The molecule has 1 aliphatic carbocycles. The molecule has 4 N–H and O–H groups in total. The van der Waals surface area contributed by atoms with Crippen LogP contribution in [0.25, 0.3) is 22.0 Å². The predicted octanol–water partition coefficient (Wildman–Crippen LogP) is 5.18. The third kappa shape index (κ3) is 5.35. The Morgan fingerprint density at radius 2 is 1.90 bits per heavy atom. The Morgan fingerprint density at radius 3 is 2.67 bits per heavy atom. The fraction of sp³-hybridized carbons (Fsp3) is 0.310. The minimum atomic E-state index is -4.35. The molecule has 4 aromatic rings. The van der Waals surface area contributed by atoms with Gasteiger partial charge in [0, 0.05) is 22.6 Å². The van der Waals surface area contributed by atoms with E-state index < -0.39 is 39.0 Å². The van der Waals surface area contributed by atoms with Crippen molar-refractivity contribution in [3.63, 3.8) is 0 Å². The summed E-state index contributed by atoms with van der Waals surface area (Å²) in [6.07, 6.45) is 3.22. The first kappa shape index (κ1) is 28.5. The molecule has 13 heteroatoms. The second-order valence-electron chi connectivity index (χ2n) is 10.4. The summed E-state index contributed by atoms with van der Waals surface area (Å²) >= 11 is 6.14. The number of halogens is 3. The number of sulfonamides is 1. The maximum atomic E-state index is 15.9. The summed E-state index contributed by atoms with van der Waals surface area (Å²) in [4.78, 5) is 8.81. The highest BCUT2D eigenvalue weighted by molar-refractivity contribution is 7.92. The van der Waals surface area contributed by atoms with Gasteiger partial charge in [0.2, 0.25) is 5.95 Å². The molecular formula is C29H28ClF2N5O4S. The fourth-order valence-electron chi connectivity index (χ4n) is 5.60. The van der Waals surface area contributed by atoms with Crippen LogP contribution in [0.3, 0.4) is 0 Å². The zero-order valence-electron chi connectivity index (χ0n) is 22.5. The van der Waals surface area contributed by atoms with E-state index in [0.29, 0.717) is 40.8 Å². The lowest BCUT2D eigenvalue weighted by Gasteiger charge is -2.23. The molecule has 0 saturated carbocycles. The molecule has 0 amide bonds. The van der Waals surface area contributed by atoms with Crippen molar-refractivity contribution in [2.75, 3.05) is 30.2 Å². The highest BCUT2D eigenvalue weighted by atomic mass is 35.5. The number of hydrogen-bond acceptors (Lipinski definition) is 8. The van der Waals surface area contributed by atoms with Gasteiger partial charge in [-0.05, 0) is 91.9 Å². The maximum Gasteiger partial charge on any atom is 0.262 e. The number of benzene rings is 3. The maximum absolute atomic E-state index is 15.9. The molecule has 0 bridgehead atoms. The highest BCUT2D eigenvalue weighted by Crippen LogP contribution is 2.40. The molecule has 6 rings (SSSR count). The van der Waals surface area contributed by atoms with E-state index >= 15 is 8.78 Å². The molecule has 9 nitrogen and oxygen atoms in total. The SMILES string of the molecule is COc1cc(-c2c(F)ccc(NS(=O)(=O)c3cc(Cl)cc4c3CC[C@H]4O)c2F)cc2cnc(NC3CCNCC3)nc12. The number of methoxy groups -OCH3 is 1. The van der Waals surface area contributed by atoms with Crippen molar-refractivity contribution in [3.8, 4) is 16.9 Å². The van der Waals surface area contributed by atoms with Gasteiger partial charge in [-0.3, -0.25) is 4.72 Å². The van der Waals surface area contributed by atoms with Gasteiger partial charge in [0.05, 0.1) is 29.4 Å². The number of aliphatic hydroxyl groups excluding tert-OH is 1. The van der Waals surface area contributed by atoms with Gasteiger partial charge in [-0.25, -0.2) is 27.2 Å². The summed E-state index contributed by atoms with van der Waals surface area (Å²) in [5.74, 6) is -1.30. The molecule has 1 aromatic heterocycles. The Hall–Kier alpha value is -3.58. The first-order valence-corrected chi connectivity index (χ1v) is 15.3. The van der Waals surface area contributed by atoms with Crippen LogP contribution in [0, 0.1) is 11.6 Å². The summed E-state index contributed by atoms with van der Waals surface area (Å²) in [7, 11) is -2.92. The molecular weight excluding hydrogens is 588 g/mol. The minimum Gasteiger partial charge on any atom is -0.494 e. The number of nitrogens with zero attached hydrogens (tertiary/aromatic N) is 2. The van der Waals surface area contributed by atoms with E-state index in [1.807, 2.05) is 0 Å². The number of rotatable bonds is 7. The van der Waals surface area contributed by atoms with Gasteiger partial charge in [-0.15, -0.1) is 0 Å². The number of hydrogen-bond donors (Lipinski definition) is 4. The lowest BCUT2D eigenvalue weighted by Crippen LogP contribution is -2.35. The van der Waals surface area contributed by atoms with Crippen molar-refractivity contribution in [1.82, 2.24) is 15.3 Å². The van der Waals surface area contributed by atoms with Crippen LogP contribution in [0.1, 0.15) is 36.5 Å². The predicted molar refractivity (Wildman–Crippen MR) is 156 cm³/mol. The van der Waals surface area contributed by atoms with Crippen LogP contribution in [-0.4, -0.2) is 49.7 Å². The number of fused-ring (bicyclic) bond motifs is 2. The summed E-state index contributed by atoms with van der Waals surface area (Å²) in [6, 6.07) is 7.99. The number of aliphatic hydroxyl groups is 1.